The minimum absolute atomic E-state index is 0.465. The molecule has 0 aromatic heterocycles. The maximum Gasteiger partial charge on any atom is 0.133 e. The number of rotatable bonds is 2. The first-order valence-electron chi connectivity index (χ1n) is 6.36. The van der Waals surface area contributed by atoms with Crippen LogP contribution >= 0.6 is 23.2 Å². The van der Waals surface area contributed by atoms with Gasteiger partial charge in [0.05, 0.1) is 0 Å². The molecule has 0 aliphatic rings. The fourth-order valence-electron chi connectivity index (χ4n) is 2.63. The molecule has 0 heterocycles. The van der Waals surface area contributed by atoms with E-state index in [1.165, 1.54) is 22.3 Å². The molecule has 19 heavy (non-hydrogen) atoms. The van der Waals surface area contributed by atoms with Gasteiger partial charge in [0.15, 0.2) is 0 Å². The Bertz CT molecular complexity index is 569. The molecule has 2 aromatic carbocycles. The topological polar surface area (TPSA) is 0 Å². The molecule has 100 valence electrons. The van der Waals surface area contributed by atoms with E-state index in [4.69, 9.17) is 23.2 Å². The van der Waals surface area contributed by atoms with Crippen molar-refractivity contribution in [3.05, 3.63) is 58.1 Å². The van der Waals surface area contributed by atoms with E-state index in [2.05, 4.69) is 58.0 Å². The van der Waals surface area contributed by atoms with Gasteiger partial charge in [0.2, 0.25) is 0 Å². The highest BCUT2D eigenvalue weighted by molar-refractivity contribution is 6.44. The smallest absolute Gasteiger partial charge is 0.100 e. The first-order valence-corrected chi connectivity index (χ1v) is 7.23. The normalized spacial score (nSPS) is 11.1. The lowest BCUT2D eigenvalue weighted by atomic mass is 9.94. The fourth-order valence-corrected chi connectivity index (χ4v) is 3.32. The minimum Gasteiger partial charge on any atom is -0.100 e. The summed E-state index contributed by atoms with van der Waals surface area (Å²) in [6.07, 6.45) is 0. The Labute approximate surface area is 125 Å². The Morgan fingerprint density at radius 3 is 1.53 bits per heavy atom. The van der Waals surface area contributed by atoms with E-state index >= 15 is 0 Å². The van der Waals surface area contributed by atoms with Gasteiger partial charge in [-0.15, -0.1) is 23.2 Å². The number of alkyl halides is 2. The molecule has 0 unspecified atom stereocenters. The first kappa shape index (κ1) is 14.4. The van der Waals surface area contributed by atoms with E-state index < -0.39 is 4.84 Å². The van der Waals surface area contributed by atoms with Gasteiger partial charge >= 0.3 is 0 Å². The second-order valence-electron chi connectivity index (χ2n) is 5.20. The van der Waals surface area contributed by atoms with Crippen molar-refractivity contribution in [2.75, 3.05) is 0 Å². The van der Waals surface area contributed by atoms with Crippen LogP contribution in [0.15, 0.2) is 30.3 Å². The summed E-state index contributed by atoms with van der Waals surface area (Å²) in [5, 5.41) is 0. The molecule has 0 spiro atoms. The highest BCUT2D eigenvalue weighted by atomic mass is 35.5. The first-order chi connectivity index (χ1) is 8.88. The quantitative estimate of drug-likeness (QED) is 0.590. The van der Waals surface area contributed by atoms with Gasteiger partial charge in [-0.05, 0) is 55.5 Å². The summed E-state index contributed by atoms with van der Waals surface area (Å²) in [5.74, 6) is 0. The molecule has 0 N–H and O–H groups in total. The van der Waals surface area contributed by atoms with Crippen LogP contribution in [0.5, 0.6) is 0 Å². The molecule has 0 fully saturated rings. The average Bonchev–Trinajstić information content (AvgIpc) is 2.25. The number of hydrogen-bond acceptors (Lipinski definition) is 0. The van der Waals surface area contributed by atoms with Crippen LogP contribution in [-0.4, -0.2) is 0 Å². The number of halogens is 2. The van der Waals surface area contributed by atoms with Crippen LogP contribution in [0.25, 0.3) is 11.1 Å². The fraction of sp³-hybridized carbons (Fsp3) is 0.294. The van der Waals surface area contributed by atoms with E-state index in [1.807, 2.05) is 0 Å². The maximum absolute atomic E-state index is 6.03. The van der Waals surface area contributed by atoms with Gasteiger partial charge in [-0.2, -0.15) is 0 Å². The Balaban J connectivity index is 2.58. The number of benzene rings is 2. The van der Waals surface area contributed by atoms with E-state index in [0.717, 1.165) is 16.7 Å². The largest absolute Gasteiger partial charge is 0.133 e. The van der Waals surface area contributed by atoms with Gasteiger partial charge in [0.1, 0.15) is 4.84 Å². The molecule has 2 aromatic rings. The molecular formula is C17H18Cl2. The maximum atomic E-state index is 6.03. The van der Waals surface area contributed by atoms with E-state index in [0.29, 0.717) is 0 Å². The highest BCUT2D eigenvalue weighted by Crippen LogP contribution is 2.34. The van der Waals surface area contributed by atoms with Crippen LogP contribution in [0.1, 0.15) is 32.7 Å². The summed E-state index contributed by atoms with van der Waals surface area (Å²) in [6, 6.07) is 10.9. The van der Waals surface area contributed by atoms with Gasteiger partial charge in [0, 0.05) is 0 Å². The van der Waals surface area contributed by atoms with Crippen molar-refractivity contribution >= 4 is 23.2 Å². The zero-order valence-electron chi connectivity index (χ0n) is 11.7. The zero-order chi connectivity index (χ0) is 14.2. The van der Waals surface area contributed by atoms with Crippen LogP contribution in [0.3, 0.4) is 0 Å². The summed E-state index contributed by atoms with van der Waals surface area (Å²) in [7, 11) is 0. The average molecular weight is 293 g/mol. The van der Waals surface area contributed by atoms with Crippen LogP contribution in [-0.2, 0) is 0 Å². The third kappa shape index (κ3) is 3.13. The lowest BCUT2D eigenvalue weighted by molar-refractivity contribution is 1.21. The van der Waals surface area contributed by atoms with E-state index in [-0.39, 0.29) is 0 Å². The van der Waals surface area contributed by atoms with Gasteiger partial charge < -0.3 is 0 Å². The summed E-state index contributed by atoms with van der Waals surface area (Å²) >= 11 is 12.1. The molecule has 0 nitrogen and oxygen atoms in total. The monoisotopic (exact) mass is 292 g/mol. The molecule has 2 rings (SSSR count). The molecule has 0 atom stereocenters. The standard InChI is InChI=1S/C17H18Cl2/c1-10-5-11(2)7-14(6-10)15-8-12(3)16(17(18)19)13(4)9-15/h5-9,17H,1-4H3. The van der Waals surface area contributed by atoms with Crippen LogP contribution < -0.4 is 0 Å². The summed E-state index contributed by atoms with van der Waals surface area (Å²) in [6.45, 7) is 8.37. The number of hydrogen-bond donors (Lipinski definition) is 0. The van der Waals surface area contributed by atoms with E-state index in [9.17, 15) is 0 Å². The Morgan fingerprint density at radius 1 is 0.684 bits per heavy atom. The van der Waals surface area contributed by atoms with Gasteiger partial charge in [-0.1, -0.05) is 41.5 Å². The molecule has 0 bridgehead atoms. The van der Waals surface area contributed by atoms with E-state index in [1.54, 1.807) is 0 Å². The Kier molecular flexibility index (Phi) is 4.23. The lowest BCUT2D eigenvalue weighted by Gasteiger charge is -2.14. The van der Waals surface area contributed by atoms with Crippen LogP contribution in [0.4, 0.5) is 0 Å². The lowest BCUT2D eigenvalue weighted by Crippen LogP contribution is -1.94. The third-order valence-corrected chi connectivity index (χ3v) is 3.80. The molecule has 0 aliphatic carbocycles. The van der Waals surface area contributed by atoms with Crippen molar-refractivity contribution in [2.24, 2.45) is 0 Å². The Morgan fingerprint density at radius 2 is 1.11 bits per heavy atom. The predicted molar refractivity (Wildman–Crippen MR) is 85.3 cm³/mol. The molecule has 0 saturated carbocycles. The number of aryl methyl sites for hydroxylation is 4. The third-order valence-electron chi connectivity index (χ3n) is 3.37. The molecule has 2 heteroatoms. The summed E-state index contributed by atoms with van der Waals surface area (Å²) in [4.78, 5) is -0.465. The molecule has 0 amide bonds. The van der Waals surface area contributed by atoms with Crippen molar-refractivity contribution in [3.63, 3.8) is 0 Å². The van der Waals surface area contributed by atoms with Gasteiger partial charge in [-0.3, -0.25) is 0 Å². The van der Waals surface area contributed by atoms with Crippen molar-refractivity contribution < 1.29 is 0 Å². The van der Waals surface area contributed by atoms with Crippen molar-refractivity contribution in [3.8, 4) is 11.1 Å². The predicted octanol–water partition coefficient (Wildman–Crippen LogP) is 6.06. The second kappa shape index (κ2) is 5.56. The molecule has 0 aliphatic heterocycles. The van der Waals surface area contributed by atoms with Crippen molar-refractivity contribution in [1.29, 1.82) is 0 Å². The second-order valence-corrected chi connectivity index (χ2v) is 6.30. The van der Waals surface area contributed by atoms with Crippen LogP contribution in [0, 0.1) is 27.7 Å². The summed E-state index contributed by atoms with van der Waals surface area (Å²) in [5.41, 5.74) is 8.34. The van der Waals surface area contributed by atoms with Crippen molar-refractivity contribution in [1.82, 2.24) is 0 Å². The zero-order valence-corrected chi connectivity index (χ0v) is 13.2. The SMILES string of the molecule is Cc1cc(C)cc(-c2cc(C)c(C(Cl)Cl)c(C)c2)c1. The minimum atomic E-state index is -0.465. The summed E-state index contributed by atoms with van der Waals surface area (Å²) < 4.78 is 0. The van der Waals surface area contributed by atoms with Gasteiger partial charge in [0.25, 0.3) is 0 Å². The van der Waals surface area contributed by atoms with Crippen LogP contribution in [0.2, 0.25) is 0 Å². The molecule has 0 radical (unpaired) electrons. The molecular weight excluding hydrogens is 275 g/mol. The Hall–Kier alpha value is -0.980. The highest BCUT2D eigenvalue weighted by Gasteiger charge is 2.12. The van der Waals surface area contributed by atoms with Crippen molar-refractivity contribution in [2.45, 2.75) is 32.5 Å². The molecule has 0 saturated heterocycles. The van der Waals surface area contributed by atoms with Gasteiger partial charge in [-0.25, -0.2) is 0 Å².